The van der Waals surface area contributed by atoms with Gasteiger partial charge < -0.3 is 10.0 Å². The molecule has 0 bridgehead atoms. The van der Waals surface area contributed by atoms with Gasteiger partial charge in [0.05, 0.1) is 6.54 Å². The first-order valence-electron chi connectivity index (χ1n) is 6.93. The van der Waals surface area contributed by atoms with E-state index < -0.39 is 41.2 Å². The maximum absolute atomic E-state index is 14.8. The number of carbonyl (C=O) groups excluding carboxylic acids is 1. The van der Waals surface area contributed by atoms with Gasteiger partial charge in [-0.05, 0) is 12.1 Å². The topological polar surface area (TPSA) is 71.0 Å². The number of aromatic nitrogens is 3. The van der Waals surface area contributed by atoms with Gasteiger partial charge in [-0.2, -0.15) is 13.9 Å². The zero-order chi connectivity index (χ0) is 17.5. The van der Waals surface area contributed by atoms with E-state index in [2.05, 4.69) is 10.1 Å². The molecule has 24 heavy (non-hydrogen) atoms. The number of carbonyl (C=O) groups is 1. The standard InChI is InChI=1S/C14H12F4N4O2/c15-9-1-2-10(11(16)5-9)13(24,6-22-8-19-7-20-22)14(17,18)12(23)21-3-4-21/h1-2,5,7-8,24H,3-4,6H2. The fraction of sp³-hybridized carbons (Fsp3) is 0.357. The summed E-state index contributed by atoms with van der Waals surface area (Å²) in [7, 11) is 0. The molecule has 0 radical (unpaired) electrons. The van der Waals surface area contributed by atoms with Crippen LogP contribution in [0.5, 0.6) is 0 Å². The summed E-state index contributed by atoms with van der Waals surface area (Å²) in [6.07, 6.45) is 2.07. The molecule has 1 N–H and O–H groups in total. The molecule has 6 nitrogen and oxygen atoms in total. The Morgan fingerprint density at radius 3 is 2.54 bits per heavy atom. The van der Waals surface area contributed by atoms with E-state index in [1.54, 1.807) is 0 Å². The summed E-state index contributed by atoms with van der Waals surface area (Å²) < 4.78 is 57.5. The van der Waals surface area contributed by atoms with E-state index in [4.69, 9.17) is 0 Å². The largest absolute Gasteiger partial charge is 0.377 e. The summed E-state index contributed by atoms with van der Waals surface area (Å²) in [5.74, 6) is -8.38. The minimum absolute atomic E-state index is 0.125. The second kappa shape index (κ2) is 5.55. The molecular formula is C14H12F4N4O2. The normalized spacial score (nSPS) is 16.8. The quantitative estimate of drug-likeness (QED) is 0.647. The van der Waals surface area contributed by atoms with Gasteiger partial charge in [0.25, 0.3) is 5.91 Å². The second-order valence-corrected chi connectivity index (χ2v) is 5.44. The van der Waals surface area contributed by atoms with Crippen molar-refractivity contribution in [3.05, 3.63) is 48.1 Å². The predicted molar refractivity (Wildman–Crippen MR) is 71.8 cm³/mol. The summed E-state index contributed by atoms with van der Waals surface area (Å²) >= 11 is 0. The zero-order valence-corrected chi connectivity index (χ0v) is 12.2. The van der Waals surface area contributed by atoms with Gasteiger partial charge in [-0.3, -0.25) is 4.79 Å². The number of hydrogen-bond acceptors (Lipinski definition) is 4. The molecule has 1 aliphatic heterocycles. The van der Waals surface area contributed by atoms with E-state index >= 15 is 0 Å². The smallest absolute Gasteiger partial charge is 0.358 e. The Morgan fingerprint density at radius 1 is 1.29 bits per heavy atom. The number of alkyl halides is 2. The number of rotatable bonds is 5. The van der Waals surface area contributed by atoms with Crippen LogP contribution in [0, 0.1) is 11.6 Å². The number of aliphatic hydroxyl groups is 1. The highest BCUT2D eigenvalue weighted by Crippen LogP contribution is 2.42. The van der Waals surface area contributed by atoms with Gasteiger partial charge in [0.1, 0.15) is 24.3 Å². The zero-order valence-electron chi connectivity index (χ0n) is 12.2. The van der Waals surface area contributed by atoms with Gasteiger partial charge in [-0.25, -0.2) is 18.4 Å². The molecule has 1 aliphatic rings. The van der Waals surface area contributed by atoms with Crippen LogP contribution in [0.3, 0.4) is 0 Å². The molecule has 2 heterocycles. The molecule has 1 amide bonds. The Balaban J connectivity index is 2.10. The first-order chi connectivity index (χ1) is 11.3. The van der Waals surface area contributed by atoms with Crippen LogP contribution in [0.25, 0.3) is 0 Å². The van der Waals surface area contributed by atoms with Gasteiger partial charge in [0.2, 0.25) is 0 Å². The second-order valence-electron chi connectivity index (χ2n) is 5.44. The van der Waals surface area contributed by atoms with Gasteiger partial charge in [-0.15, -0.1) is 0 Å². The van der Waals surface area contributed by atoms with Crippen molar-refractivity contribution < 1.29 is 27.5 Å². The number of hydrogen-bond donors (Lipinski definition) is 1. The molecule has 1 saturated heterocycles. The molecular weight excluding hydrogens is 332 g/mol. The summed E-state index contributed by atoms with van der Waals surface area (Å²) in [6.45, 7) is -0.693. The molecule has 1 fully saturated rings. The molecule has 0 aliphatic carbocycles. The van der Waals surface area contributed by atoms with E-state index in [1.165, 1.54) is 0 Å². The number of nitrogens with zero attached hydrogens (tertiary/aromatic N) is 4. The van der Waals surface area contributed by atoms with E-state index in [9.17, 15) is 27.5 Å². The minimum atomic E-state index is -4.35. The molecule has 0 spiro atoms. The van der Waals surface area contributed by atoms with Crippen molar-refractivity contribution in [2.45, 2.75) is 18.1 Å². The lowest BCUT2D eigenvalue weighted by atomic mass is 9.86. The average molecular weight is 344 g/mol. The first-order valence-corrected chi connectivity index (χ1v) is 6.93. The van der Waals surface area contributed by atoms with Crippen molar-refractivity contribution in [2.75, 3.05) is 13.1 Å². The molecule has 3 rings (SSSR count). The van der Waals surface area contributed by atoms with Crippen LogP contribution < -0.4 is 0 Å². The fourth-order valence-corrected chi connectivity index (χ4v) is 2.36. The monoisotopic (exact) mass is 344 g/mol. The molecule has 128 valence electrons. The maximum atomic E-state index is 14.8. The van der Waals surface area contributed by atoms with Crippen molar-refractivity contribution >= 4 is 5.91 Å². The highest BCUT2D eigenvalue weighted by molar-refractivity contribution is 5.87. The SMILES string of the molecule is O=C(N1CC1)C(F)(F)C(O)(Cn1cncn1)c1ccc(F)cc1F. The molecule has 0 saturated carbocycles. The highest BCUT2D eigenvalue weighted by atomic mass is 19.3. The van der Waals surface area contributed by atoms with Crippen LogP contribution in [0.15, 0.2) is 30.9 Å². The van der Waals surface area contributed by atoms with Gasteiger partial charge in [-0.1, -0.05) is 0 Å². The molecule has 1 unspecified atom stereocenters. The van der Waals surface area contributed by atoms with Crippen LogP contribution >= 0.6 is 0 Å². The van der Waals surface area contributed by atoms with Gasteiger partial charge in [0.15, 0.2) is 5.60 Å². The molecule has 1 aromatic heterocycles. The third kappa shape index (κ3) is 2.62. The van der Waals surface area contributed by atoms with Crippen molar-refractivity contribution in [2.24, 2.45) is 0 Å². The first kappa shape index (κ1) is 16.4. The maximum Gasteiger partial charge on any atom is 0.358 e. The van der Waals surface area contributed by atoms with Crippen LogP contribution in [-0.2, 0) is 16.9 Å². The van der Waals surface area contributed by atoms with Crippen molar-refractivity contribution in [3.8, 4) is 0 Å². The number of amides is 1. The Morgan fingerprint density at radius 2 is 2.00 bits per heavy atom. The Kier molecular flexibility index (Phi) is 3.78. The van der Waals surface area contributed by atoms with Crippen LogP contribution in [-0.4, -0.2) is 49.7 Å². The van der Waals surface area contributed by atoms with E-state index in [1.807, 2.05) is 0 Å². The van der Waals surface area contributed by atoms with E-state index in [0.717, 1.165) is 28.3 Å². The Hall–Kier alpha value is -2.49. The summed E-state index contributed by atoms with van der Waals surface area (Å²) in [6, 6.07) is 1.77. The lowest BCUT2D eigenvalue weighted by Crippen LogP contribution is -2.55. The van der Waals surface area contributed by atoms with E-state index in [0.29, 0.717) is 12.1 Å². The fourth-order valence-electron chi connectivity index (χ4n) is 2.36. The summed E-state index contributed by atoms with van der Waals surface area (Å²) in [4.78, 5) is 16.3. The third-order valence-electron chi connectivity index (χ3n) is 3.76. The van der Waals surface area contributed by atoms with Crippen molar-refractivity contribution in [3.63, 3.8) is 0 Å². The van der Waals surface area contributed by atoms with Crippen LogP contribution in [0.1, 0.15) is 5.56 Å². The average Bonchev–Trinajstić information content (AvgIpc) is 3.24. The molecule has 10 heteroatoms. The molecule has 1 atom stereocenters. The lowest BCUT2D eigenvalue weighted by Gasteiger charge is -2.35. The summed E-state index contributed by atoms with van der Waals surface area (Å²) in [5.41, 5.74) is -4.17. The summed E-state index contributed by atoms with van der Waals surface area (Å²) in [5, 5.41) is 14.3. The molecule has 1 aromatic carbocycles. The van der Waals surface area contributed by atoms with E-state index in [-0.39, 0.29) is 13.1 Å². The van der Waals surface area contributed by atoms with Gasteiger partial charge >= 0.3 is 5.92 Å². The highest BCUT2D eigenvalue weighted by Gasteiger charge is 2.63. The Labute approximate surface area is 133 Å². The predicted octanol–water partition coefficient (Wildman–Crippen LogP) is 0.922. The van der Waals surface area contributed by atoms with Crippen molar-refractivity contribution in [1.82, 2.24) is 19.7 Å². The van der Waals surface area contributed by atoms with Crippen LogP contribution in [0.4, 0.5) is 17.6 Å². The van der Waals surface area contributed by atoms with Crippen molar-refractivity contribution in [1.29, 1.82) is 0 Å². The van der Waals surface area contributed by atoms with Gasteiger partial charge in [0, 0.05) is 24.7 Å². The Bertz CT molecular complexity index is 764. The lowest BCUT2D eigenvalue weighted by molar-refractivity contribution is -0.207. The molecule has 2 aromatic rings. The third-order valence-corrected chi connectivity index (χ3v) is 3.76. The van der Waals surface area contributed by atoms with Crippen LogP contribution in [0.2, 0.25) is 0 Å². The number of benzene rings is 1. The number of halogens is 4. The minimum Gasteiger partial charge on any atom is -0.377 e.